The number of hydrogen-bond acceptors (Lipinski definition) is 1. The van der Waals surface area contributed by atoms with Gasteiger partial charge < -0.3 is 4.40 Å². The van der Waals surface area contributed by atoms with Crippen LogP contribution in [0.5, 0.6) is 0 Å². The van der Waals surface area contributed by atoms with Crippen LogP contribution in [0.25, 0.3) is 5.52 Å². The number of hydrogen-bond donors (Lipinski definition) is 0. The smallest absolute Gasteiger partial charge is 0.0992 e. The summed E-state index contributed by atoms with van der Waals surface area (Å²) in [5, 5.41) is 0. The number of imidazole rings is 1. The lowest BCUT2D eigenvalue weighted by molar-refractivity contribution is 1.14. The van der Waals surface area contributed by atoms with Gasteiger partial charge in [-0.05, 0) is 18.6 Å². The molecule has 0 saturated heterocycles. The second kappa shape index (κ2) is 2.34. The van der Waals surface area contributed by atoms with E-state index in [1.54, 1.807) is 6.33 Å². The van der Waals surface area contributed by atoms with E-state index in [9.17, 15) is 0 Å². The first-order chi connectivity index (χ1) is 5.29. The fourth-order valence-electron chi connectivity index (χ4n) is 1.11. The monoisotopic (exact) mass is 210 g/mol. The molecule has 0 bridgehead atoms. The van der Waals surface area contributed by atoms with E-state index in [0.717, 1.165) is 9.99 Å². The minimum atomic E-state index is 1.13. The summed E-state index contributed by atoms with van der Waals surface area (Å²) in [6.07, 6.45) is 5.65. The largest absolute Gasteiger partial charge is 0.306 e. The highest BCUT2D eigenvalue weighted by Crippen LogP contribution is 2.19. The van der Waals surface area contributed by atoms with Crippen LogP contribution >= 0.6 is 15.9 Å². The van der Waals surface area contributed by atoms with Crippen molar-refractivity contribution in [2.45, 2.75) is 6.92 Å². The molecular formula is C8H7BrN2. The lowest BCUT2D eigenvalue weighted by atomic mass is 10.3. The van der Waals surface area contributed by atoms with Crippen LogP contribution in [0.2, 0.25) is 0 Å². The molecule has 0 aliphatic carbocycles. The van der Waals surface area contributed by atoms with E-state index < -0.39 is 0 Å². The SMILES string of the molecule is Cc1c(Br)ccn2cncc12. The molecule has 0 aliphatic heterocycles. The third kappa shape index (κ3) is 0.959. The summed E-state index contributed by atoms with van der Waals surface area (Å²) in [6.45, 7) is 2.07. The molecule has 2 aromatic rings. The van der Waals surface area contributed by atoms with Gasteiger partial charge in [0.1, 0.15) is 0 Å². The van der Waals surface area contributed by atoms with Gasteiger partial charge in [0.15, 0.2) is 0 Å². The topological polar surface area (TPSA) is 17.3 Å². The molecule has 0 aromatic carbocycles. The predicted molar refractivity (Wildman–Crippen MR) is 47.6 cm³/mol. The maximum Gasteiger partial charge on any atom is 0.0992 e. The van der Waals surface area contributed by atoms with Gasteiger partial charge in [0, 0.05) is 10.7 Å². The van der Waals surface area contributed by atoms with Crippen LogP contribution in [0, 0.1) is 6.92 Å². The lowest BCUT2D eigenvalue weighted by Crippen LogP contribution is -1.84. The molecule has 0 aliphatic rings. The zero-order valence-electron chi connectivity index (χ0n) is 6.08. The maximum atomic E-state index is 4.05. The fraction of sp³-hybridized carbons (Fsp3) is 0.125. The molecule has 0 amide bonds. The van der Waals surface area contributed by atoms with Crippen LogP contribution in [0.1, 0.15) is 5.56 Å². The molecule has 0 spiro atoms. The Morgan fingerprint density at radius 2 is 2.36 bits per heavy atom. The number of nitrogens with zero attached hydrogens (tertiary/aromatic N) is 2. The summed E-state index contributed by atoms with van der Waals surface area (Å²) in [5.74, 6) is 0. The molecular weight excluding hydrogens is 204 g/mol. The van der Waals surface area contributed by atoms with Crippen LogP contribution in [0.3, 0.4) is 0 Å². The zero-order valence-corrected chi connectivity index (χ0v) is 7.67. The molecule has 0 N–H and O–H groups in total. The Kier molecular flexibility index (Phi) is 1.46. The second-order valence-corrected chi connectivity index (χ2v) is 3.33. The quantitative estimate of drug-likeness (QED) is 0.653. The molecule has 0 radical (unpaired) electrons. The predicted octanol–water partition coefficient (Wildman–Crippen LogP) is 2.41. The summed E-state index contributed by atoms with van der Waals surface area (Å²) in [6, 6.07) is 2.02. The summed E-state index contributed by atoms with van der Waals surface area (Å²) >= 11 is 3.46. The summed E-state index contributed by atoms with van der Waals surface area (Å²) in [7, 11) is 0. The Morgan fingerprint density at radius 3 is 3.18 bits per heavy atom. The van der Waals surface area contributed by atoms with Gasteiger partial charge in [-0.2, -0.15) is 0 Å². The standard InChI is InChI=1S/C8H7BrN2/c1-6-7(9)2-3-11-5-10-4-8(6)11/h2-5H,1H3. The van der Waals surface area contributed by atoms with E-state index >= 15 is 0 Å². The van der Waals surface area contributed by atoms with Gasteiger partial charge in [-0.15, -0.1) is 0 Å². The van der Waals surface area contributed by atoms with Crippen molar-refractivity contribution >= 4 is 21.4 Å². The molecule has 2 rings (SSSR count). The number of pyridine rings is 1. The average Bonchev–Trinajstić information content (AvgIpc) is 2.45. The van der Waals surface area contributed by atoms with Gasteiger partial charge in [0.05, 0.1) is 18.0 Å². The normalized spacial score (nSPS) is 10.7. The summed E-state index contributed by atoms with van der Waals surface area (Å²) in [4.78, 5) is 4.05. The van der Waals surface area contributed by atoms with Gasteiger partial charge in [0.2, 0.25) is 0 Å². The molecule has 2 nitrogen and oxygen atoms in total. The molecule has 0 fully saturated rings. The van der Waals surface area contributed by atoms with Gasteiger partial charge in [-0.1, -0.05) is 15.9 Å². The molecule has 11 heavy (non-hydrogen) atoms. The average molecular weight is 211 g/mol. The van der Waals surface area contributed by atoms with Crippen molar-refractivity contribution in [3.05, 3.63) is 34.8 Å². The number of fused-ring (bicyclic) bond motifs is 1. The highest BCUT2D eigenvalue weighted by Gasteiger charge is 1.99. The van der Waals surface area contributed by atoms with Crippen molar-refractivity contribution in [3.8, 4) is 0 Å². The first-order valence-electron chi connectivity index (χ1n) is 3.36. The van der Waals surface area contributed by atoms with Crippen LogP contribution in [-0.2, 0) is 0 Å². The first kappa shape index (κ1) is 6.85. The van der Waals surface area contributed by atoms with Gasteiger partial charge in [-0.3, -0.25) is 0 Å². The summed E-state index contributed by atoms with van der Waals surface area (Å²) in [5.41, 5.74) is 2.38. The van der Waals surface area contributed by atoms with Crippen molar-refractivity contribution in [1.82, 2.24) is 9.38 Å². The second-order valence-electron chi connectivity index (χ2n) is 2.47. The molecule has 2 aromatic heterocycles. The van der Waals surface area contributed by atoms with Crippen LogP contribution in [-0.4, -0.2) is 9.38 Å². The molecule has 56 valence electrons. The van der Waals surface area contributed by atoms with Crippen LogP contribution in [0.4, 0.5) is 0 Å². The molecule has 3 heteroatoms. The Hall–Kier alpha value is -0.830. The van der Waals surface area contributed by atoms with Gasteiger partial charge in [0.25, 0.3) is 0 Å². The van der Waals surface area contributed by atoms with E-state index in [1.807, 2.05) is 22.9 Å². The van der Waals surface area contributed by atoms with Crippen molar-refractivity contribution < 1.29 is 0 Å². The molecule has 0 atom stereocenters. The van der Waals surface area contributed by atoms with Crippen molar-refractivity contribution in [3.63, 3.8) is 0 Å². The maximum absolute atomic E-state index is 4.05. The highest BCUT2D eigenvalue weighted by atomic mass is 79.9. The summed E-state index contributed by atoms with van der Waals surface area (Å²) < 4.78 is 3.13. The van der Waals surface area contributed by atoms with E-state index in [0.29, 0.717) is 0 Å². The zero-order chi connectivity index (χ0) is 7.84. The number of halogens is 1. The van der Waals surface area contributed by atoms with E-state index in [-0.39, 0.29) is 0 Å². The van der Waals surface area contributed by atoms with Crippen molar-refractivity contribution in [2.75, 3.05) is 0 Å². The van der Waals surface area contributed by atoms with E-state index in [1.165, 1.54) is 5.56 Å². The number of aryl methyl sites for hydroxylation is 1. The molecule has 0 saturated carbocycles. The Balaban J connectivity index is 2.93. The van der Waals surface area contributed by atoms with Gasteiger partial charge >= 0.3 is 0 Å². The number of rotatable bonds is 0. The van der Waals surface area contributed by atoms with E-state index in [4.69, 9.17) is 0 Å². The number of aromatic nitrogens is 2. The minimum Gasteiger partial charge on any atom is -0.306 e. The van der Waals surface area contributed by atoms with Crippen molar-refractivity contribution in [2.24, 2.45) is 0 Å². The highest BCUT2D eigenvalue weighted by molar-refractivity contribution is 9.10. The van der Waals surface area contributed by atoms with Gasteiger partial charge in [-0.25, -0.2) is 4.98 Å². The Labute approximate surface area is 73.0 Å². The minimum absolute atomic E-state index is 1.13. The third-order valence-corrected chi connectivity index (χ3v) is 2.65. The molecule has 2 heterocycles. The molecule has 0 unspecified atom stereocenters. The fourth-order valence-corrected chi connectivity index (χ4v) is 1.43. The lowest BCUT2D eigenvalue weighted by Gasteiger charge is -1.99. The Bertz CT molecular complexity index is 392. The van der Waals surface area contributed by atoms with Crippen molar-refractivity contribution in [1.29, 1.82) is 0 Å². The van der Waals surface area contributed by atoms with E-state index in [2.05, 4.69) is 27.8 Å². The van der Waals surface area contributed by atoms with Crippen LogP contribution < -0.4 is 0 Å². The Morgan fingerprint density at radius 1 is 1.55 bits per heavy atom. The first-order valence-corrected chi connectivity index (χ1v) is 4.15. The third-order valence-electron chi connectivity index (χ3n) is 1.79. The van der Waals surface area contributed by atoms with Crippen LogP contribution in [0.15, 0.2) is 29.3 Å².